The van der Waals surface area contributed by atoms with Crippen molar-refractivity contribution in [3.8, 4) is 0 Å². The van der Waals surface area contributed by atoms with E-state index in [0.29, 0.717) is 5.69 Å². The molecule has 2 aromatic rings. The minimum absolute atomic E-state index is 0.157. The van der Waals surface area contributed by atoms with Gasteiger partial charge in [0, 0.05) is 35.8 Å². The molecule has 1 aromatic carbocycles. The number of fused-ring (bicyclic) bond motifs is 1. The topological polar surface area (TPSA) is 92.2 Å². The molecule has 1 aliphatic heterocycles. The molecule has 0 spiro atoms. The lowest BCUT2D eigenvalue weighted by Crippen LogP contribution is -2.30. The number of benzene rings is 1. The van der Waals surface area contributed by atoms with Gasteiger partial charge in [0.2, 0.25) is 5.91 Å². The number of anilines is 1. The molecule has 7 heteroatoms. The monoisotopic (exact) mass is 314 g/mol. The third-order valence-electron chi connectivity index (χ3n) is 4.08. The molecule has 7 nitrogen and oxygen atoms in total. The zero-order valence-corrected chi connectivity index (χ0v) is 13.0. The van der Waals surface area contributed by atoms with Gasteiger partial charge in [-0.25, -0.2) is 4.79 Å². The number of rotatable bonds is 4. The Morgan fingerprint density at radius 2 is 2.09 bits per heavy atom. The van der Waals surface area contributed by atoms with E-state index in [1.54, 1.807) is 0 Å². The maximum absolute atomic E-state index is 12.0. The van der Waals surface area contributed by atoms with Gasteiger partial charge in [0.1, 0.15) is 6.04 Å². The van der Waals surface area contributed by atoms with Crippen LogP contribution in [0, 0.1) is 6.92 Å². The number of hydrogen-bond acceptors (Lipinski definition) is 3. The van der Waals surface area contributed by atoms with Gasteiger partial charge in [-0.3, -0.25) is 14.9 Å². The van der Waals surface area contributed by atoms with E-state index in [9.17, 15) is 14.4 Å². The molecule has 0 saturated carbocycles. The Morgan fingerprint density at radius 1 is 1.30 bits per heavy atom. The van der Waals surface area contributed by atoms with Crippen LogP contribution in [0.2, 0.25) is 0 Å². The van der Waals surface area contributed by atoms with Crippen LogP contribution in [0.3, 0.4) is 0 Å². The lowest BCUT2D eigenvalue weighted by Gasteiger charge is -2.08. The van der Waals surface area contributed by atoms with Crippen molar-refractivity contribution in [2.45, 2.75) is 25.8 Å². The van der Waals surface area contributed by atoms with Crippen molar-refractivity contribution in [3.63, 3.8) is 0 Å². The first-order valence-corrected chi connectivity index (χ1v) is 7.41. The standard InChI is InChI=1S/C16H18N4O3/c1-9-7-10-8-11(3-5-13(10)20(9)2)17-14(21)6-4-12-15(22)19-16(23)18-12/h3,5,7-8,12H,4,6H2,1-2H3,(H,17,21)(H2,18,19,22,23). The average Bonchev–Trinajstić information content (AvgIpc) is 2.96. The first-order valence-electron chi connectivity index (χ1n) is 7.41. The van der Waals surface area contributed by atoms with Gasteiger partial charge in [-0.15, -0.1) is 0 Å². The molecular formula is C16H18N4O3. The Hall–Kier alpha value is -2.83. The van der Waals surface area contributed by atoms with Gasteiger partial charge < -0.3 is 15.2 Å². The molecular weight excluding hydrogens is 296 g/mol. The first kappa shape index (κ1) is 15.1. The maximum Gasteiger partial charge on any atom is 0.322 e. The summed E-state index contributed by atoms with van der Waals surface area (Å²) < 4.78 is 2.09. The third-order valence-corrected chi connectivity index (χ3v) is 4.08. The van der Waals surface area contributed by atoms with Gasteiger partial charge in [-0.05, 0) is 37.6 Å². The number of carbonyl (C=O) groups is 3. The Bertz CT molecular complexity index is 809. The van der Waals surface area contributed by atoms with Crippen molar-refractivity contribution in [1.29, 1.82) is 0 Å². The zero-order chi connectivity index (χ0) is 16.6. The van der Waals surface area contributed by atoms with E-state index in [-0.39, 0.29) is 24.7 Å². The Kier molecular flexibility index (Phi) is 3.77. The second-order valence-corrected chi connectivity index (χ2v) is 5.72. The normalized spacial score (nSPS) is 17.2. The lowest BCUT2D eigenvalue weighted by atomic mass is 10.1. The van der Waals surface area contributed by atoms with Crippen LogP contribution in [0.5, 0.6) is 0 Å². The number of nitrogens with one attached hydrogen (secondary N) is 3. The van der Waals surface area contributed by atoms with Gasteiger partial charge in [0.15, 0.2) is 0 Å². The number of imide groups is 1. The second kappa shape index (κ2) is 5.75. The highest BCUT2D eigenvalue weighted by Gasteiger charge is 2.29. The van der Waals surface area contributed by atoms with Gasteiger partial charge in [0.05, 0.1) is 0 Å². The minimum Gasteiger partial charge on any atom is -0.348 e. The molecule has 1 aliphatic rings. The van der Waals surface area contributed by atoms with E-state index in [4.69, 9.17) is 0 Å². The fraction of sp³-hybridized carbons (Fsp3) is 0.312. The second-order valence-electron chi connectivity index (χ2n) is 5.72. The van der Waals surface area contributed by atoms with Crippen LogP contribution in [0.4, 0.5) is 10.5 Å². The van der Waals surface area contributed by atoms with E-state index < -0.39 is 12.1 Å². The fourth-order valence-electron chi connectivity index (χ4n) is 2.73. The summed E-state index contributed by atoms with van der Waals surface area (Å²) in [5.41, 5.74) is 2.96. The molecule has 0 bridgehead atoms. The Labute approximate surface area is 133 Å². The summed E-state index contributed by atoms with van der Waals surface area (Å²) in [5.74, 6) is -0.574. The predicted octanol–water partition coefficient (Wildman–Crippen LogP) is 1.41. The first-order chi connectivity index (χ1) is 10.9. The summed E-state index contributed by atoms with van der Waals surface area (Å²) >= 11 is 0. The van der Waals surface area contributed by atoms with E-state index in [0.717, 1.165) is 16.6 Å². The Balaban J connectivity index is 1.61. The number of carbonyl (C=O) groups excluding carboxylic acids is 3. The smallest absolute Gasteiger partial charge is 0.322 e. The number of hydrogen-bond donors (Lipinski definition) is 3. The minimum atomic E-state index is -0.632. The number of amides is 4. The summed E-state index contributed by atoms with van der Waals surface area (Å²) in [4.78, 5) is 34.4. The van der Waals surface area contributed by atoms with Gasteiger partial charge in [0.25, 0.3) is 5.91 Å². The summed E-state index contributed by atoms with van der Waals surface area (Å²) in [5, 5.41) is 8.50. The van der Waals surface area contributed by atoms with Crippen molar-refractivity contribution in [2.24, 2.45) is 7.05 Å². The molecule has 120 valence electrons. The number of aryl methyl sites for hydroxylation is 2. The molecule has 23 heavy (non-hydrogen) atoms. The van der Waals surface area contributed by atoms with Gasteiger partial charge in [-0.1, -0.05) is 0 Å². The van der Waals surface area contributed by atoms with Crippen LogP contribution in [-0.4, -0.2) is 28.5 Å². The highest BCUT2D eigenvalue weighted by molar-refractivity contribution is 6.04. The van der Waals surface area contributed by atoms with Crippen LogP contribution in [0.25, 0.3) is 10.9 Å². The molecule has 0 radical (unpaired) electrons. The highest BCUT2D eigenvalue weighted by atomic mass is 16.2. The van der Waals surface area contributed by atoms with Crippen molar-refractivity contribution in [1.82, 2.24) is 15.2 Å². The number of urea groups is 1. The van der Waals surface area contributed by atoms with Crippen LogP contribution in [-0.2, 0) is 16.6 Å². The van der Waals surface area contributed by atoms with Crippen molar-refractivity contribution in [2.75, 3.05) is 5.32 Å². The molecule has 1 fully saturated rings. The summed E-state index contributed by atoms with van der Waals surface area (Å²) in [6.45, 7) is 2.03. The van der Waals surface area contributed by atoms with Crippen molar-refractivity contribution >= 4 is 34.4 Å². The molecule has 2 heterocycles. The molecule has 0 aliphatic carbocycles. The lowest BCUT2D eigenvalue weighted by molar-refractivity contribution is -0.120. The highest BCUT2D eigenvalue weighted by Crippen LogP contribution is 2.22. The summed E-state index contributed by atoms with van der Waals surface area (Å²) in [7, 11) is 2.00. The molecule has 1 aromatic heterocycles. The van der Waals surface area contributed by atoms with E-state index in [2.05, 4.69) is 26.6 Å². The molecule has 3 rings (SSSR count). The predicted molar refractivity (Wildman–Crippen MR) is 86.0 cm³/mol. The largest absolute Gasteiger partial charge is 0.348 e. The van der Waals surface area contributed by atoms with Crippen LogP contribution in [0.1, 0.15) is 18.5 Å². The van der Waals surface area contributed by atoms with Crippen LogP contribution in [0.15, 0.2) is 24.3 Å². The number of aromatic nitrogens is 1. The fourth-order valence-corrected chi connectivity index (χ4v) is 2.73. The van der Waals surface area contributed by atoms with Crippen LogP contribution >= 0.6 is 0 Å². The number of nitrogens with zero attached hydrogens (tertiary/aromatic N) is 1. The van der Waals surface area contributed by atoms with E-state index >= 15 is 0 Å². The molecule has 1 saturated heterocycles. The third kappa shape index (κ3) is 3.03. The van der Waals surface area contributed by atoms with E-state index in [1.807, 2.05) is 32.2 Å². The van der Waals surface area contributed by atoms with Crippen molar-refractivity contribution in [3.05, 3.63) is 30.0 Å². The maximum atomic E-state index is 12.0. The van der Waals surface area contributed by atoms with Gasteiger partial charge >= 0.3 is 6.03 Å². The average molecular weight is 314 g/mol. The van der Waals surface area contributed by atoms with Crippen LogP contribution < -0.4 is 16.0 Å². The SMILES string of the molecule is Cc1cc2cc(NC(=O)CCC3NC(=O)NC3=O)ccc2n1C. The zero-order valence-electron chi connectivity index (χ0n) is 13.0. The summed E-state index contributed by atoms with van der Waals surface area (Å²) in [6.07, 6.45) is 0.431. The van der Waals surface area contributed by atoms with Crippen molar-refractivity contribution < 1.29 is 14.4 Å². The van der Waals surface area contributed by atoms with E-state index in [1.165, 1.54) is 0 Å². The van der Waals surface area contributed by atoms with Gasteiger partial charge in [-0.2, -0.15) is 0 Å². The Morgan fingerprint density at radius 3 is 2.78 bits per heavy atom. The molecule has 1 unspecified atom stereocenters. The quantitative estimate of drug-likeness (QED) is 0.745. The summed E-state index contributed by atoms with van der Waals surface area (Å²) in [6, 6.07) is 6.65. The molecule has 3 N–H and O–H groups in total. The molecule has 4 amide bonds. The molecule has 1 atom stereocenters.